The lowest BCUT2D eigenvalue weighted by atomic mass is 9.94. The van der Waals surface area contributed by atoms with Crippen molar-refractivity contribution in [3.63, 3.8) is 0 Å². The molecule has 12 N–H and O–H groups in total. The van der Waals surface area contributed by atoms with Crippen LogP contribution in [0.2, 0.25) is 0 Å². The van der Waals surface area contributed by atoms with E-state index in [1.165, 1.54) is 0 Å². The van der Waals surface area contributed by atoms with E-state index in [1.54, 1.807) is 37.5 Å². The van der Waals surface area contributed by atoms with Crippen LogP contribution in [-0.4, -0.2) is 163 Å². The lowest BCUT2D eigenvalue weighted by molar-refractivity contribution is -0.141. The number of hydrogen-bond donors (Lipinski definition) is 10. The molecule has 10 unspecified atom stereocenters. The van der Waals surface area contributed by atoms with Gasteiger partial charge in [0.05, 0.1) is 30.5 Å². The molecule has 3 aliphatic rings. The molecule has 85 heavy (non-hydrogen) atoms. The lowest BCUT2D eigenvalue weighted by Crippen LogP contribution is -2.60. The van der Waals surface area contributed by atoms with Gasteiger partial charge < -0.3 is 58.5 Å². The molecule has 2 aromatic rings. The van der Waals surface area contributed by atoms with Gasteiger partial charge in [-0.05, 0) is 112 Å². The fraction of sp³-hybridized carbons (Fsp3) is 0.651. The number of amides is 9. The second-order valence-electron chi connectivity index (χ2n) is 24.9. The fourth-order valence-electron chi connectivity index (χ4n) is 11.3. The summed E-state index contributed by atoms with van der Waals surface area (Å²) in [6.07, 6.45) is 3.35. The van der Waals surface area contributed by atoms with E-state index < -0.39 is 131 Å². The summed E-state index contributed by atoms with van der Waals surface area (Å²) in [6, 6.07) is 9.60. The Morgan fingerprint density at radius 3 is 1.25 bits per heavy atom. The summed E-state index contributed by atoms with van der Waals surface area (Å²) in [6.45, 7) is 15.3. The Morgan fingerprint density at radius 1 is 0.447 bits per heavy atom. The first-order valence-corrected chi connectivity index (χ1v) is 30.9. The molecule has 10 atom stereocenters. The normalized spacial score (nSPS) is 26.6. The highest BCUT2D eigenvalue weighted by Crippen LogP contribution is 2.23. The Kier molecular flexibility index (Phi) is 27.9. The van der Waals surface area contributed by atoms with Gasteiger partial charge in [-0.1, -0.05) is 116 Å². The number of nitrogens with one attached hydrogen (secondary N) is 8. The highest BCUT2D eigenvalue weighted by molar-refractivity contribution is 5.97. The molecule has 0 saturated carbocycles. The first kappa shape index (κ1) is 69.0. The highest BCUT2D eigenvalue weighted by atomic mass is 16.2. The Hall–Kier alpha value is -6.78. The number of hydrogen-bond acceptors (Lipinski definition) is 13. The third-order valence-electron chi connectivity index (χ3n) is 16.1. The largest absolute Gasteiger partial charge is 0.344 e. The molecular formula is C63H98N12O10. The molecule has 0 aliphatic carbocycles. The summed E-state index contributed by atoms with van der Waals surface area (Å²) in [5.41, 5.74) is 13.4. The van der Waals surface area contributed by atoms with Crippen molar-refractivity contribution in [2.24, 2.45) is 47.0 Å². The van der Waals surface area contributed by atoms with Crippen LogP contribution in [0, 0.1) is 35.5 Å². The van der Waals surface area contributed by atoms with Crippen molar-refractivity contribution >= 4 is 58.9 Å². The van der Waals surface area contributed by atoms with Gasteiger partial charge in [0, 0.05) is 39.0 Å². The Morgan fingerprint density at radius 2 is 0.824 bits per heavy atom. The van der Waals surface area contributed by atoms with Crippen molar-refractivity contribution in [3.8, 4) is 0 Å². The minimum absolute atomic E-state index is 0.00502. The van der Waals surface area contributed by atoms with Gasteiger partial charge in [0.25, 0.3) is 0 Å². The number of piperidine rings is 2. The zero-order chi connectivity index (χ0) is 62.3. The summed E-state index contributed by atoms with van der Waals surface area (Å²) >= 11 is 0. The van der Waals surface area contributed by atoms with Crippen molar-refractivity contribution in [3.05, 3.63) is 71.8 Å². The van der Waals surface area contributed by atoms with Gasteiger partial charge in [0.1, 0.15) is 36.3 Å². The molecule has 0 aromatic heterocycles. The van der Waals surface area contributed by atoms with E-state index >= 15 is 0 Å². The molecule has 3 fully saturated rings. The number of benzene rings is 2. The van der Waals surface area contributed by atoms with Crippen molar-refractivity contribution in [2.75, 3.05) is 45.8 Å². The van der Waals surface area contributed by atoms with Gasteiger partial charge in [0.15, 0.2) is 5.78 Å². The number of nitrogens with zero attached hydrogens (tertiary/aromatic N) is 2. The highest BCUT2D eigenvalue weighted by Gasteiger charge is 2.40. The smallest absolute Gasteiger partial charge is 0.245 e. The summed E-state index contributed by atoms with van der Waals surface area (Å²) in [5, 5.41) is 23.5. The van der Waals surface area contributed by atoms with E-state index in [2.05, 4.69) is 42.5 Å². The van der Waals surface area contributed by atoms with Gasteiger partial charge in [0.2, 0.25) is 53.2 Å². The number of fused-ring (bicyclic) bond motifs is 4. The average molecular weight is 1180 g/mol. The van der Waals surface area contributed by atoms with E-state index in [1.807, 2.05) is 88.4 Å². The molecule has 22 nitrogen and oxygen atoms in total. The van der Waals surface area contributed by atoms with Crippen LogP contribution in [0.5, 0.6) is 0 Å². The monoisotopic (exact) mass is 1180 g/mol. The third-order valence-corrected chi connectivity index (χ3v) is 16.1. The predicted octanol–water partition coefficient (Wildman–Crippen LogP) is 1.77. The molecule has 470 valence electrons. The standard InChI is InChI=1S/C63H98N12O10/c1-38(2)31-48-58(80)70-50(33-42-19-11-9-12-20-42)62(84)74-29-17-24-45(36-74)56(78)73-54(41(7)8)61(83)68-47(26-16-28-65)57(79)69-49(32-39(3)4)59(81)71-51(34-43-21-13-10-14-22-43)63(85)75-30-18-23-44(37-75)55(77)72-53(40(5)6)60(82)67-46(25-15-27-64)52(76)35-66-48/h9-14,19-22,38-41,44-51,53-54,66H,15-18,23-37,64-65H2,1-8H3,(H,67,82)(H,68,83)(H,69,79)(H,70,80)(H,71,81)(H,72,77)(H,73,78). The Balaban J connectivity index is 1.53. The molecule has 9 amide bonds. The lowest BCUT2D eigenvalue weighted by Gasteiger charge is -2.36. The molecule has 0 spiro atoms. The number of Topliss-reactive ketones (excluding diaryl/α,β-unsaturated/α-hetero) is 1. The van der Waals surface area contributed by atoms with Crippen molar-refractivity contribution in [1.82, 2.24) is 52.3 Å². The van der Waals surface area contributed by atoms with Crippen LogP contribution in [0.15, 0.2) is 60.7 Å². The van der Waals surface area contributed by atoms with Crippen molar-refractivity contribution < 1.29 is 47.9 Å². The van der Waals surface area contributed by atoms with Gasteiger partial charge in [-0.2, -0.15) is 0 Å². The minimum Gasteiger partial charge on any atom is -0.344 e. The molecule has 2 aromatic carbocycles. The van der Waals surface area contributed by atoms with Crippen LogP contribution >= 0.6 is 0 Å². The topological polar surface area (TPSA) is 325 Å². The predicted molar refractivity (Wildman–Crippen MR) is 324 cm³/mol. The summed E-state index contributed by atoms with van der Waals surface area (Å²) in [4.78, 5) is 148. The van der Waals surface area contributed by atoms with Crippen molar-refractivity contribution in [1.29, 1.82) is 0 Å². The van der Waals surface area contributed by atoms with Crippen LogP contribution in [-0.2, 0) is 60.8 Å². The summed E-state index contributed by atoms with van der Waals surface area (Å²) in [5.74, 6) is -7.78. The van der Waals surface area contributed by atoms with Crippen LogP contribution in [0.4, 0.5) is 0 Å². The number of nitrogens with two attached hydrogens (primary N) is 2. The Bertz CT molecular complexity index is 2550. The molecule has 3 heterocycles. The molecule has 5 rings (SSSR count). The van der Waals surface area contributed by atoms with Crippen molar-refractivity contribution in [2.45, 2.75) is 181 Å². The zero-order valence-electron chi connectivity index (χ0n) is 51.4. The molecular weight excluding hydrogens is 1080 g/mol. The second-order valence-corrected chi connectivity index (χ2v) is 24.9. The van der Waals surface area contributed by atoms with Gasteiger partial charge >= 0.3 is 0 Å². The quantitative estimate of drug-likeness (QED) is 0.115. The number of ketones is 1. The van der Waals surface area contributed by atoms with E-state index in [9.17, 15) is 47.9 Å². The molecule has 3 saturated heterocycles. The minimum atomic E-state index is -1.18. The first-order chi connectivity index (χ1) is 40.5. The maximum Gasteiger partial charge on any atom is 0.245 e. The van der Waals surface area contributed by atoms with Gasteiger partial charge in [-0.15, -0.1) is 0 Å². The molecule has 0 radical (unpaired) electrons. The van der Waals surface area contributed by atoms with Crippen LogP contribution in [0.3, 0.4) is 0 Å². The van der Waals surface area contributed by atoms with E-state index in [0.29, 0.717) is 45.1 Å². The van der Waals surface area contributed by atoms with E-state index in [0.717, 1.165) is 11.1 Å². The summed E-state index contributed by atoms with van der Waals surface area (Å²) in [7, 11) is 0. The summed E-state index contributed by atoms with van der Waals surface area (Å²) < 4.78 is 0. The van der Waals surface area contributed by atoms with Crippen LogP contribution in [0.1, 0.15) is 131 Å². The molecule has 3 aliphatic heterocycles. The molecule has 22 heteroatoms. The molecule has 4 bridgehead atoms. The fourth-order valence-corrected chi connectivity index (χ4v) is 11.3. The second kappa shape index (κ2) is 34.4. The van der Waals surface area contributed by atoms with E-state index in [4.69, 9.17) is 11.5 Å². The number of rotatable bonds is 16. The van der Waals surface area contributed by atoms with Crippen LogP contribution < -0.4 is 54.0 Å². The third kappa shape index (κ3) is 21.6. The Labute approximate surface area is 502 Å². The van der Waals surface area contributed by atoms with Gasteiger partial charge in [-0.25, -0.2) is 0 Å². The van der Waals surface area contributed by atoms with Crippen LogP contribution in [0.25, 0.3) is 0 Å². The van der Waals surface area contributed by atoms with E-state index in [-0.39, 0.29) is 89.6 Å². The first-order valence-electron chi connectivity index (χ1n) is 30.9. The zero-order valence-corrected chi connectivity index (χ0v) is 51.4. The number of carbonyl (C=O) groups excluding carboxylic acids is 10. The maximum atomic E-state index is 14.8. The SMILES string of the molecule is CC(C)CC1NCC(=O)C(CCCN)NC(=O)C(C(C)C)NC(=O)C2CCCN(C2)C(=O)C(Cc2ccccc2)NC(=O)C(CC(C)C)NC(=O)C(CCCN)NC(=O)C(C(C)C)NC(=O)C2CCCN(C2)C(=O)C(Cc2ccccc2)NC1=O. The average Bonchev–Trinajstić information content (AvgIpc) is 3.68. The van der Waals surface area contributed by atoms with Gasteiger partial charge in [-0.3, -0.25) is 53.3 Å². The maximum absolute atomic E-state index is 14.8. The number of carbonyl (C=O) groups is 10.